The number of rotatable bonds is 5. The van der Waals surface area contributed by atoms with Crippen LogP contribution in [0, 0.1) is 12.8 Å². The minimum Gasteiger partial charge on any atom is -0.339 e. The lowest BCUT2D eigenvalue weighted by atomic mass is 9.95. The molecule has 0 aliphatic carbocycles. The van der Waals surface area contributed by atoms with E-state index in [1.807, 2.05) is 36.1 Å². The Balaban J connectivity index is 1.87. The molecule has 0 unspecified atom stereocenters. The fraction of sp³-hybridized carbons (Fsp3) is 0.611. The minimum absolute atomic E-state index is 0.194. The van der Waals surface area contributed by atoms with E-state index in [1.54, 1.807) is 0 Å². The first-order chi connectivity index (χ1) is 10.1. The first-order valence-electron chi connectivity index (χ1n) is 8.22. The highest BCUT2D eigenvalue weighted by Crippen LogP contribution is 2.20. The molecule has 1 saturated heterocycles. The topological polar surface area (TPSA) is 23.6 Å². The summed E-state index contributed by atoms with van der Waals surface area (Å²) in [7, 11) is 0. The van der Waals surface area contributed by atoms with Crippen LogP contribution in [0.3, 0.4) is 0 Å². The van der Waals surface area contributed by atoms with Crippen molar-refractivity contribution in [3.63, 3.8) is 0 Å². The summed E-state index contributed by atoms with van der Waals surface area (Å²) in [6, 6.07) is 7.92. The van der Waals surface area contributed by atoms with E-state index in [0.29, 0.717) is 0 Å². The van der Waals surface area contributed by atoms with Gasteiger partial charge in [-0.15, -0.1) is 0 Å². The van der Waals surface area contributed by atoms with Gasteiger partial charge in [0, 0.05) is 25.2 Å². The molecule has 3 nitrogen and oxygen atoms in total. The Morgan fingerprint density at radius 2 is 1.90 bits per heavy atom. The monoisotopic (exact) mass is 288 g/mol. The molecule has 1 aliphatic heterocycles. The molecular weight excluding hydrogens is 260 g/mol. The molecule has 0 bridgehead atoms. The number of hydrogen-bond donors (Lipinski definition) is 0. The van der Waals surface area contributed by atoms with Crippen LogP contribution in [-0.2, 0) is 0 Å². The highest BCUT2D eigenvalue weighted by atomic mass is 16.2. The van der Waals surface area contributed by atoms with Gasteiger partial charge in [0.1, 0.15) is 0 Å². The highest BCUT2D eigenvalue weighted by Gasteiger charge is 2.24. The lowest BCUT2D eigenvalue weighted by molar-refractivity contribution is 0.0669. The van der Waals surface area contributed by atoms with Gasteiger partial charge < -0.3 is 9.80 Å². The summed E-state index contributed by atoms with van der Waals surface area (Å²) >= 11 is 0. The van der Waals surface area contributed by atoms with Crippen LogP contribution in [-0.4, -0.2) is 48.4 Å². The van der Waals surface area contributed by atoms with Gasteiger partial charge in [-0.1, -0.05) is 31.5 Å². The second kappa shape index (κ2) is 7.60. The Morgan fingerprint density at radius 1 is 1.24 bits per heavy atom. The van der Waals surface area contributed by atoms with Crippen molar-refractivity contribution in [1.29, 1.82) is 0 Å². The van der Waals surface area contributed by atoms with Gasteiger partial charge in [-0.3, -0.25) is 4.79 Å². The predicted molar refractivity (Wildman–Crippen MR) is 87.6 cm³/mol. The number of carbonyl (C=O) groups excluding carboxylic acids is 1. The lowest BCUT2D eigenvalue weighted by Gasteiger charge is -2.34. The zero-order valence-electron chi connectivity index (χ0n) is 13.6. The zero-order chi connectivity index (χ0) is 15.2. The van der Waals surface area contributed by atoms with Crippen LogP contribution in [0.5, 0.6) is 0 Å². The number of aryl methyl sites for hydroxylation is 1. The molecule has 0 spiro atoms. The molecule has 1 heterocycles. The standard InChI is InChI=1S/C18H28N2O/c1-4-19(5-2)14-16-9-11-20(12-10-16)18(21)17-8-6-7-15(3)13-17/h6-8,13,16H,4-5,9-12,14H2,1-3H3. The number of nitrogens with zero attached hydrogens (tertiary/aromatic N) is 2. The molecule has 0 atom stereocenters. The Kier molecular flexibility index (Phi) is 5.80. The maximum Gasteiger partial charge on any atom is 0.253 e. The van der Waals surface area contributed by atoms with Gasteiger partial charge in [0.05, 0.1) is 0 Å². The Bertz CT molecular complexity index is 460. The zero-order valence-corrected chi connectivity index (χ0v) is 13.6. The van der Waals surface area contributed by atoms with Gasteiger partial charge in [-0.05, 0) is 50.9 Å². The van der Waals surface area contributed by atoms with Crippen LogP contribution in [0.4, 0.5) is 0 Å². The molecule has 1 fully saturated rings. The second-order valence-electron chi connectivity index (χ2n) is 6.09. The fourth-order valence-corrected chi connectivity index (χ4v) is 3.13. The minimum atomic E-state index is 0.194. The van der Waals surface area contributed by atoms with Gasteiger partial charge in [-0.25, -0.2) is 0 Å². The molecule has 2 rings (SSSR count). The van der Waals surface area contributed by atoms with E-state index in [4.69, 9.17) is 0 Å². The van der Waals surface area contributed by atoms with Crippen molar-refractivity contribution in [2.75, 3.05) is 32.7 Å². The van der Waals surface area contributed by atoms with Crippen molar-refractivity contribution in [1.82, 2.24) is 9.80 Å². The molecule has 3 heteroatoms. The summed E-state index contributed by atoms with van der Waals surface area (Å²) in [6.45, 7) is 11.7. The SMILES string of the molecule is CCN(CC)CC1CCN(C(=O)c2cccc(C)c2)CC1. The fourth-order valence-electron chi connectivity index (χ4n) is 3.13. The van der Waals surface area contributed by atoms with Crippen LogP contribution in [0.1, 0.15) is 42.6 Å². The third-order valence-corrected chi connectivity index (χ3v) is 4.58. The average Bonchev–Trinajstić information content (AvgIpc) is 2.52. The van der Waals surface area contributed by atoms with E-state index < -0.39 is 0 Å². The number of benzene rings is 1. The number of piperidine rings is 1. The Labute approximate surface area is 128 Å². The third kappa shape index (κ3) is 4.31. The van der Waals surface area contributed by atoms with E-state index in [9.17, 15) is 4.79 Å². The third-order valence-electron chi connectivity index (χ3n) is 4.58. The quantitative estimate of drug-likeness (QED) is 0.831. The van der Waals surface area contributed by atoms with Gasteiger partial charge in [-0.2, -0.15) is 0 Å². The van der Waals surface area contributed by atoms with Gasteiger partial charge in [0.15, 0.2) is 0 Å². The van der Waals surface area contributed by atoms with Crippen molar-refractivity contribution in [3.8, 4) is 0 Å². The summed E-state index contributed by atoms with van der Waals surface area (Å²) in [4.78, 5) is 17.0. The molecule has 1 aromatic rings. The van der Waals surface area contributed by atoms with Gasteiger partial charge >= 0.3 is 0 Å². The number of hydrogen-bond acceptors (Lipinski definition) is 2. The largest absolute Gasteiger partial charge is 0.339 e. The van der Waals surface area contributed by atoms with E-state index in [2.05, 4.69) is 18.7 Å². The first-order valence-corrected chi connectivity index (χ1v) is 8.22. The Morgan fingerprint density at radius 3 is 2.48 bits per heavy atom. The molecule has 21 heavy (non-hydrogen) atoms. The van der Waals surface area contributed by atoms with E-state index in [1.165, 1.54) is 6.54 Å². The molecule has 0 saturated carbocycles. The van der Waals surface area contributed by atoms with E-state index >= 15 is 0 Å². The van der Waals surface area contributed by atoms with Gasteiger partial charge in [0.2, 0.25) is 0 Å². The molecule has 0 aromatic heterocycles. The molecule has 0 radical (unpaired) electrons. The summed E-state index contributed by atoms with van der Waals surface area (Å²) in [6.07, 6.45) is 2.27. The van der Waals surface area contributed by atoms with Crippen molar-refractivity contribution >= 4 is 5.91 Å². The summed E-state index contributed by atoms with van der Waals surface area (Å²) < 4.78 is 0. The molecule has 1 amide bonds. The van der Waals surface area contributed by atoms with Crippen LogP contribution < -0.4 is 0 Å². The van der Waals surface area contributed by atoms with Crippen LogP contribution in [0.15, 0.2) is 24.3 Å². The molecule has 1 aromatic carbocycles. The first kappa shape index (κ1) is 16.0. The Hall–Kier alpha value is -1.35. The van der Waals surface area contributed by atoms with E-state index in [-0.39, 0.29) is 5.91 Å². The summed E-state index contributed by atoms with van der Waals surface area (Å²) in [5.41, 5.74) is 1.98. The van der Waals surface area contributed by atoms with E-state index in [0.717, 1.165) is 56.1 Å². The van der Waals surface area contributed by atoms with Crippen LogP contribution >= 0.6 is 0 Å². The molecule has 0 N–H and O–H groups in total. The number of amides is 1. The maximum absolute atomic E-state index is 12.5. The van der Waals surface area contributed by atoms with Gasteiger partial charge in [0.25, 0.3) is 5.91 Å². The van der Waals surface area contributed by atoms with Crippen molar-refractivity contribution in [2.24, 2.45) is 5.92 Å². The smallest absolute Gasteiger partial charge is 0.253 e. The molecule has 1 aliphatic rings. The summed E-state index contributed by atoms with van der Waals surface area (Å²) in [5, 5.41) is 0. The van der Waals surface area contributed by atoms with Crippen LogP contribution in [0.2, 0.25) is 0 Å². The molecular formula is C18H28N2O. The predicted octanol–water partition coefficient (Wildman–Crippen LogP) is 3.19. The van der Waals surface area contributed by atoms with Crippen molar-refractivity contribution < 1.29 is 4.79 Å². The second-order valence-corrected chi connectivity index (χ2v) is 6.09. The molecule has 116 valence electrons. The van der Waals surface area contributed by atoms with Crippen LogP contribution in [0.25, 0.3) is 0 Å². The van der Waals surface area contributed by atoms with Crippen molar-refractivity contribution in [3.05, 3.63) is 35.4 Å². The number of carbonyl (C=O) groups is 1. The average molecular weight is 288 g/mol. The normalized spacial score (nSPS) is 16.5. The maximum atomic E-state index is 12.5. The van der Waals surface area contributed by atoms with Crippen molar-refractivity contribution in [2.45, 2.75) is 33.6 Å². The summed E-state index contributed by atoms with van der Waals surface area (Å²) in [5.74, 6) is 0.937. The highest BCUT2D eigenvalue weighted by molar-refractivity contribution is 5.94. The lowest BCUT2D eigenvalue weighted by Crippen LogP contribution is -2.41. The number of likely N-dealkylation sites (tertiary alicyclic amines) is 1.